The molecule has 0 aliphatic carbocycles. The second-order valence-corrected chi connectivity index (χ2v) is 14.4. The molecule has 0 radical (unpaired) electrons. The Labute approximate surface area is 333 Å². The molecule has 2 heterocycles. The number of unbranched alkanes of at least 4 members (excludes halogenated alkanes) is 1. The SMILES string of the molecule is CCCCc1nc2ccc(C(CC)OC)cc2c(=O)n1Cc1ccc(-c2ccccc2-c2nnnn2C(c2ccccc2)(c2ccccc2)c2ccccc2)cc1. The van der Waals surface area contributed by atoms with Gasteiger partial charge in [-0.05, 0) is 74.3 Å². The quantitative estimate of drug-likeness (QED) is 0.103. The number of hydrogen-bond acceptors (Lipinski definition) is 6. The number of fused-ring (bicyclic) bond motifs is 1. The number of aromatic nitrogens is 6. The Morgan fingerprint density at radius 1 is 0.702 bits per heavy atom. The topological polar surface area (TPSA) is 87.7 Å². The van der Waals surface area contributed by atoms with Crippen LogP contribution in [0.5, 0.6) is 0 Å². The molecule has 8 aromatic rings. The van der Waals surface area contributed by atoms with Gasteiger partial charge in [0, 0.05) is 19.1 Å². The van der Waals surface area contributed by atoms with E-state index in [0.717, 1.165) is 81.5 Å². The molecule has 0 fully saturated rings. The van der Waals surface area contributed by atoms with Crippen LogP contribution in [0.3, 0.4) is 0 Å². The molecule has 0 N–H and O–H groups in total. The van der Waals surface area contributed by atoms with Gasteiger partial charge in [0.1, 0.15) is 11.4 Å². The first-order valence-corrected chi connectivity index (χ1v) is 19.8. The fraction of sp³-hybridized carbons (Fsp3) is 0.204. The summed E-state index contributed by atoms with van der Waals surface area (Å²) in [4.78, 5) is 19.2. The molecular weight excluding hydrogens is 705 g/mol. The third kappa shape index (κ3) is 7.09. The third-order valence-electron chi connectivity index (χ3n) is 11.0. The zero-order valence-corrected chi connectivity index (χ0v) is 32.6. The van der Waals surface area contributed by atoms with Gasteiger partial charge in [-0.3, -0.25) is 9.36 Å². The van der Waals surface area contributed by atoms with Crippen molar-refractivity contribution in [2.45, 2.75) is 57.7 Å². The molecule has 0 amide bonds. The van der Waals surface area contributed by atoms with Gasteiger partial charge >= 0.3 is 0 Å². The van der Waals surface area contributed by atoms with Crippen LogP contribution in [-0.4, -0.2) is 36.9 Å². The maximum absolute atomic E-state index is 14.2. The van der Waals surface area contributed by atoms with Crippen molar-refractivity contribution < 1.29 is 4.74 Å². The minimum atomic E-state index is -0.877. The summed E-state index contributed by atoms with van der Waals surface area (Å²) in [6.07, 6.45) is 3.44. The van der Waals surface area contributed by atoms with Gasteiger partial charge in [0.05, 0.1) is 23.6 Å². The first-order valence-electron chi connectivity index (χ1n) is 19.8. The molecule has 0 aliphatic rings. The highest BCUT2D eigenvalue weighted by Crippen LogP contribution is 2.43. The van der Waals surface area contributed by atoms with Crippen molar-refractivity contribution in [3.05, 3.63) is 202 Å². The summed E-state index contributed by atoms with van der Waals surface area (Å²) in [6.45, 7) is 4.66. The van der Waals surface area contributed by atoms with E-state index in [9.17, 15) is 4.79 Å². The maximum atomic E-state index is 14.2. The van der Waals surface area contributed by atoms with E-state index in [4.69, 9.17) is 20.0 Å². The van der Waals surface area contributed by atoms with Crippen molar-refractivity contribution in [1.82, 2.24) is 29.8 Å². The summed E-state index contributed by atoms with van der Waals surface area (Å²) >= 11 is 0. The second-order valence-electron chi connectivity index (χ2n) is 14.4. The van der Waals surface area contributed by atoms with E-state index in [2.05, 4.69) is 128 Å². The van der Waals surface area contributed by atoms with E-state index in [1.54, 1.807) is 7.11 Å². The standard InChI is InChI=1S/C49H46N6O2/c1-4-6-26-46-50-44-32-31-37(45(5-2)57-3)33-43(44)48(56)54(46)34-35-27-29-36(30-28-35)41-24-16-17-25-42(41)47-51-52-53-55(47)49(38-18-10-7-11-19-38,39-20-12-8-13-21-39)40-22-14-9-15-23-40/h7-25,27-33,45H,4-6,26,34H2,1-3H3. The lowest BCUT2D eigenvalue weighted by atomic mass is 9.77. The van der Waals surface area contributed by atoms with Crippen molar-refractivity contribution in [2.24, 2.45) is 0 Å². The van der Waals surface area contributed by atoms with E-state index in [1.807, 2.05) is 57.8 Å². The minimum Gasteiger partial charge on any atom is -0.377 e. The van der Waals surface area contributed by atoms with E-state index >= 15 is 0 Å². The predicted molar refractivity (Wildman–Crippen MR) is 227 cm³/mol. The lowest BCUT2D eigenvalue weighted by Gasteiger charge is -2.36. The van der Waals surface area contributed by atoms with Crippen LogP contribution < -0.4 is 5.56 Å². The fourth-order valence-electron chi connectivity index (χ4n) is 8.10. The number of tetrazole rings is 1. The van der Waals surface area contributed by atoms with Crippen LogP contribution in [0.4, 0.5) is 0 Å². The number of nitrogens with zero attached hydrogens (tertiary/aromatic N) is 6. The van der Waals surface area contributed by atoms with Crippen LogP contribution in [0.25, 0.3) is 33.4 Å². The largest absolute Gasteiger partial charge is 0.377 e. The molecule has 8 rings (SSSR count). The molecule has 0 bridgehead atoms. The molecule has 0 aliphatic heterocycles. The Balaban J connectivity index is 1.21. The monoisotopic (exact) mass is 750 g/mol. The van der Waals surface area contributed by atoms with Crippen LogP contribution in [0.2, 0.25) is 0 Å². The van der Waals surface area contributed by atoms with Crippen LogP contribution in [0.15, 0.2) is 163 Å². The number of hydrogen-bond donors (Lipinski definition) is 0. The number of rotatable bonds is 14. The van der Waals surface area contributed by atoms with Crippen molar-refractivity contribution in [3.63, 3.8) is 0 Å². The molecule has 2 aromatic heterocycles. The van der Waals surface area contributed by atoms with Gasteiger partial charge in [0.25, 0.3) is 5.56 Å². The molecule has 1 atom stereocenters. The second kappa shape index (κ2) is 16.7. The summed E-state index contributed by atoms with van der Waals surface area (Å²) in [5.41, 5.74) is 7.83. The maximum Gasteiger partial charge on any atom is 0.261 e. The van der Waals surface area contributed by atoms with Gasteiger partial charge in [-0.2, -0.15) is 0 Å². The number of ether oxygens (including phenoxy) is 1. The van der Waals surface area contributed by atoms with Crippen LogP contribution in [-0.2, 0) is 23.2 Å². The molecular formula is C49H46N6O2. The molecule has 57 heavy (non-hydrogen) atoms. The van der Waals surface area contributed by atoms with Crippen LogP contribution >= 0.6 is 0 Å². The highest BCUT2D eigenvalue weighted by atomic mass is 16.5. The van der Waals surface area contributed by atoms with Crippen LogP contribution in [0, 0.1) is 0 Å². The molecule has 1 unspecified atom stereocenters. The van der Waals surface area contributed by atoms with E-state index in [1.165, 1.54) is 0 Å². The predicted octanol–water partition coefficient (Wildman–Crippen LogP) is 10.0. The Bertz CT molecular complexity index is 2540. The average molecular weight is 751 g/mol. The Kier molecular flexibility index (Phi) is 11.0. The lowest BCUT2D eigenvalue weighted by molar-refractivity contribution is 0.100. The molecule has 6 aromatic carbocycles. The van der Waals surface area contributed by atoms with Gasteiger partial charge in [0.2, 0.25) is 0 Å². The first-order chi connectivity index (χ1) is 28.1. The molecule has 0 spiro atoms. The highest BCUT2D eigenvalue weighted by molar-refractivity contribution is 5.81. The minimum absolute atomic E-state index is 0.0288. The van der Waals surface area contributed by atoms with Gasteiger partial charge in [-0.25, -0.2) is 9.67 Å². The van der Waals surface area contributed by atoms with E-state index in [0.29, 0.717) is 17.8 Å². The van der Waals surface area contributed by atoms with Gasteiger partial charge in [-0.15, -0.1) is 5.10 Å². The lowest BCUT2D eigenvalue weighted by Crippen LogP contribution is -2.39. The van der Waals surface area contributed by atoms with Gasteiger partial charge in [0.15, 0.2) is 5.82 Å². The van der Waals surface area contributed by atoms with Crippen molar-refractivity contribution in [1.29, 1.82) is 0 Å². The van der Waals surface area contributed by atoms with E-state index < -0.39 is 5.54 Å². The molecule has 284 valence electrons. The molecule has 0 saturated heterocycles. The summed E-state index contributed by atoms with van der Waals surface area (Å²) in [7, 11) is 1.71. The smallest absolute Gasteiger partial charge is 0.261 e. The number of aryl methyl sites for hydroxylation is 1. The summed E-state index contributed by atoms with van der Waals surface area (Å²) < 4.78 is 9.52. The summed E-state index contributed by atoms with van der Waals surface area (Å²) in [5.74, 6) is 1.44. The third-order valence-corrected chi connectivity index (χ3v) is 11.0. The fourth-order valence-corrected chi connectivity index (χ4v) is 8.10. The average Bonchev–Trinajstić information content (AvgIpc) is 3.76. The van der Waals surface area contributed by atoms with Gasteiger partial charge in [-0.1, -0.05) is 166 Å². The van der Waals surface area contributed by atoms with E-state index in [-0.39, 0.29) is 11.7 Å². The number of benzene rings is 6. The van der Waals surface area contributed by atoms with Crippen molar-refractivity contribution in [2.75, 3.05) is 7.11 Å². The highest BCUT2D eigenvalue weighted by Gasteiger charge is 2.42. The summed E-state index contributed by atoms with van der Waals surface area (Å²) in [6, 6.07) is 53.9. The number of methoxy groups -OCH3 is 1. The first kappa shape index (κ1) is 37.4. The Morgan fingerprint density at radius 2 is 1.30 bits per heavy atom. The van der Waals surface area contributed by atoms with Gasteiger partial charge < -0.3 is 4.74 Å². The van der Waals surface area contributed by atoms with Crippen molar-refractivity contribution >= 4 is 10.9 Å². The molecule has 0 saturated carbocycles. The van der Waals surface area contributed by atoms with Crippen LogP contribution in [0.1, 0.15) is 72.9 Å². The zero-order chi connectivity index (χ0) is 39.2. The Morgan fingerprint density at radius 3 is 1.88 bits per heavy atom. The normalized spacial score (nSPS) is 12.2. The summed E-state index contributed by atoms with van der Waals surface area (Å²) in [5, 5.41) is 14.5. The molecule has 8 nitrogen and oxygen atoms in total. The van der Waals surface area contributed by atoms with Crippen molar-refractivity contribution in [3.8, 4) is 22.5 Å². The Hall–Kier alpha value is -6.51. The zero-order valence-electron chi connectivity index (χ0n) is 32.6. The molecule has 8 heteroatoms.